The summed E-state index contributed by atoms with van der Waals surface area (Å²) in [6.07, 6.45) is 6.35. The Bertz CT molecular complexity index is 189. The molecule has 0 aromatic heterocycles. The number of carbonyl (C=O) groups is 1. The second kappa shape index (κ2) is 5.18. The minimum Gasteiger partial charge on any atom is -0.300 e. The molecular formula is C11H19NO. The fourth-order valence-electron chi connectivity index (χ4n) is 2.03. The van der Waals surface area contributed by atoms with Gasteiger partial charge in [0.25, 0.3) is 0 Å². The van der Waals surface area contributed by atoms with Crippen molar-refractivity contribution in [3.05, 3.63) is 12.7 Å². The predicted octanol–water partition coefficient (Wildman–Crippen LogP) is 2.01. The van der Waals surface area contributed by atoms with Gasteiger partial charge in [0, 0.05) is 19.0 Å². The molecule has 0 amide bonds. The minimum atomic E-state index is 0.306. The van der Waals surface area contributed by atoms with Crippen LogP contribution >= 0.6 is 0 Å². The normalized spacial score (nSPS) is 24.2. The standard InChI is InChI=1S/C11H19NO/c1-3-7-12-8-5-4-6-11(12)9-10(2)13/h3,11H,1,4-9H2,2H3. The zero-order valence-corrected chi connectivity index (χ0v) is 8.46. The van der Waals surface area contributed by atoms with Gasteiger partial charge in [0.1, 0.15) is 5.78 Å². The lowest BCUT2D eigenvalue weighted by atomic mass is 9.98. The van der Waals surface area contributed by atoms with E-state index in [1.165, 1.54) is 19.3 Å². The molecule has 2 nitrogen and oxygen atoms in total. The van der Waals surface area contributed by atoms with Gasteiger partial charge in [0.15, 0.2) is 0 Å². The summed E-state index contributed by atoms with van der Waals surface area (Å²) in [6, 6.07) is 0.476. The van der Waals surface area contributed by atoms with Crippen LogP contribution in [0, 0.1) is 0 Å². The van der Waals surface area contributed by atoms with E-state index in [9.17, 15) is 4.79 Å². The zero-order valence-electron chi connectivity index (χ0n) is 8.46. The maximum Gasteiger partial charge on any atom is 0.131 e. The first-order valence-electron chi connectivity index (χ1n) is 5.08. The van der Waals surface area contributed by atoms with Gasteiger partial charge in [-0.1, -0.05) is 12.5 Å². The van der Waals surface area contributed by atoms with Crippen molar-refractivity contribution in [2.24, 2.45) is 0 Å². The molecule has 0 saturated carbocycles. The van der Waals surface area contributed by atoms with E-state index < -0.39 is 0 Å². The topological polar surface area (TPSA) is 20.3 Å². The molecule has 0 radical (unpaired) electrons. The maximum absolute atomic E-state index is 11.0. The Morgan fingerprint density at radius 2 is 2.38 bits per heavy atom. The number of hydrogen-bond acceptors (Lipinski definition) is 2. The lowest BCUT2D eigenvalue weighted by molar-refractivity contribution is -0.118. The monoisotopic (exact) mass is 181 g/mol. The highest BCUT2D eigenvalue weighted by atomic mass is 16.1. The number of nitrogens with zero attached hydrogens (tertiary/aromatic N) is 1. The van der Waals surface area contributed by atoms with Gasteiger partial charge in [-0.05, 0) is 26.3 Å². The van der Waals surface area contributed by atoms with E-state index in [0.717, 1.165) is 13.1 Å². The van der Waals surface area contributed by atoms with E-state index in [0.29, 0.717) is 18.2 Å². The summed E-state index contributed by atoms with van der Waals surface area (Å²) in [4.78, 5) is 13.4. The van der Waals surface area contributed by atoms with Crippen LogP contribution in [0.2, 0.25) is 0 Å². The van der Waals surface area contributed by atoms with Gasteiger partial charge in [0.2, 0.25) is 0 Å². The lowest BCUT2D eigenvalue weighted by Gasteiger charge is -2.34. The molecule has 0 aromatic rings. The number of carbonyl (C=O) groups excluding carboxylic acids is 1. The van der Waals surface area contributed by atoms with Crippen LogP contribution in [0.25, 0.3) is 0 Å². The fraction of sp³-hybridized carbons (Fsp3) is 0.727. The molecule has 0 bridgehead atoms. The Morgan fingerprint density at radius 1 is 1.62 bits per heavy atom. The maximum atomic E-state index is 11.0. The van der Waals surface area contributed by atoms with Gasteiger partial charge in [-0.2, -0.15) is 0 Å². The number of likely N-dealkylation sites (tertiary alicyclic amines) is 1. The molecule has 0 aromatic carbocycles. The molecule has 0 N–H and O–H groups in total. The number of hydrogen-bond donors (Lipinski definition) is 0. The van der Waals surface area contributed by atoms with Crippen molar-refractivity contribution in [1.82, 2.24) is 4.90 Å². The first kappa shape index (κ1) is 10.5. The Balaban J connectivity index is 2.45. The van der Waals surface area contributed by atoms with Gasteiger partial charge in [0.05, 0.1) is 0 Å². The summed E-state index contributed by atoms with van der Waals surface area (Å²) < 4.78 is 0. The molecule has 0 aliphatic carbocycles. The molecule has 2 heteroatoms. The van der Waals surface area contributed by atoms with Crippen molar-refractivity contribution in [3.8, 4) is 0 Å². The van der Waals surface area contributed by atoms with Crippen LogP contribution in [0.15, 0.2) is 12.7 Å². The van der Waals surface area contributed by atoms with E-state index in [-0.39, 0.29) is 0 Å². The van der Waals surface area contributed by atoms with E-state index in [1.807, 2.05) is 6.08 Å². The van der Waals surface area contributed by atoms with E-state index in [4.69, 9.17) is 0 Å². The van der Waals surface area contributed by atoms with E-state index in [1.54, 1.807) is 6.92 Å². The fourth-order valence-corrected chi connectivity index (χ4v) is 2.03. The molecule has 1 saturated heterocycles. The Kier molecular flexibility index (Phi) is 4.16. The number of piperidine rings is 1. The van der Waals surface area contributed by atoms with Gasteiger partial charge >= 0.3 is 0 Å². The summed E-state index contributed by atoms with van der Waals surface area (Å²) in [5.41, 5.74) is 0. The second-order valence-corrected chi connectivity index (χ2v) is 3.84. The summed E-state index contributed by atoms with van der Waals surface area (Å²) in [6.45, 7) is 7.48. The van der Waals surface area contributed by atoms with Crippen LogP contribution in [0.1, 0.15) is 32.6 Å². The average molecular weight is 181 g/mol. The van der Waals surface area contributed by atoms with Crippen LogP contribution in [0.3, 0.4) is 0 Å². The zero-order chi connectivity index (χ0) is 9.68. The first-order chi connectivity index (χ1) is 6.24. The number of ketones is 1. The smallest absolute Gasteiger partial charge is 0.131 e. The highest BCUT2D eigenvalue weighted by molar-refractivity contribution is 5.76. The Hall–Kier alpha value is -0.630. The molecule has 1 atom stereocenters. The SMILES string of the molecule is C=CCN1CCCCC1CC(C)=O. The summed E-state index contributed by atoms with van der Waals surface area (Å²) in [7, 11) is 0. The van der Waals surface area contributed by atoms with Crippen LogP contribution in [0.5, 0.6) is 0 Å². The quantitative estimate of drug-likeness (QED) is 0.618. The van der Waals surface area contributed by atoms with E-state index in [2.05, 4.69) is 11.5 Å². The molecular weight excluding hydrogens is 162 g/mol. The van der Waals surface area contributed by atoms with Gasteiger partial charge < -0.3 is 0 Å². The lowest BCUT2D eigenvalue weighted by Crippen LogP contribution is -2.40. The predicted molar refractivity (Wildman–Crippen MR) is 54.7 cm³/mol. The van der Waals surface area contributed by atoms with Crippen LogP contribution in [-0.2, 0) is 4.79 Å². The number of rotatable bonds is 4. The molecule has 1 aliphatic rings. The third-order valence-corrected chi connectivity index (χ3v) is 2.64. The molecule has 1 rings (SSSR count). The molecule has 74 valence electrons. The minimum absolute atomic E-state index is 0.306. The number of Topliss-reactive ketones (excluding diaryl/α,β-unsaturated/α-hetero) is 1. The Morgan fingerprint density at radius 3 is 3.00 bits per heavy atom. The highest BCUT2D eigenvalue weighted by Crippen LogP contribution is 2.19. The van der Waals surface area contributed by atoms with Gasteiger partial charge in [-0.25, -0.2) is 0 Å². The average Bonchev–Trinajstić information content (AvgIpc) is 2.08. The van der Waals surface area contributed by atoms with Gasteiger partial charge in [-0.3, -0.25) is 9.69 Å². The van der Waals surface area contributed by atoms with Crippen molar-refractivity contribution in [2.45, 2.75) is 38.6 Å². The summed E-state index contributed by atoms with van der Waals surface area (Å²) in [5, 5.41) is 0. The summed E-state index contributed by atoms with van der Waals surface area (Å²) in [5.74, 6) is 0.306. The van der Waals surface area contributed by atoms with Crippen molar-refractivity contribution < 1.29 is 4.79 Å². The first-order valence-corrected chi connectivity index (χ1v) is 5.08. The second-order valence-electron chi connectivity index (χ2n) is 3.84. The van der Waals surface area contributed by atoms with Gasteiger partial charge in [-0.15, -0.1) is 6.58 Å². The largest absolute Gasteiger partial charge is 0.300 e. The van der Waals surface area contributed by atoms with Crippen molar-refractivity contribution >= 4 is 5.78 Å². The molecule has 1 unspecified atom stereocenters. The van der Waals surface area contributed by atoms with Crippen LogP contribution < -0.4 is 0 Å². The van der Waals surface area contributed by atoms with Crippen molar-refractivity contribution in [3.63, 3.8) is 0 Å². The molecule has 1 heterocycles. The van der Waals surface area contributed by atoms with Crippen molar-refractivity contribution in [1.29, 1.82) is 0 Å². The molecule has 0 spiro atoms. The highest BCUT2D eigenvalue weighted by Gasteiger charge is 2.21. The third kappa shape index (κ3) is 3.31. The van der Waals surface area contributed by atoms with Crippen LogP contribution in [0.4, 0.5) is 0 Å². The molecule has 13 heavy (non-hydrogen) atoms. The van der Waals surface area contributed by atoms with E-state index >= 15 is 0 Å². The Labute approximate surface area is 80.6 Å². The molecule has 1 aliphatic heterocycles. The third-order valence-electron chi connectivity index (χ3n) is 2.64. The van der Waals surface area contributed by atoms with Crippen molar-refractivity contribution in [2.75, 3.05) is 13.1 Å². The summed E-state index contributed by atoms with van der Waals surface area (Å²) >= 11 is 0. The van der Waals surface area contributed by atoms with Crippen LogP contribution in [-0.4, -0.2) is 29.8 Å². The molecule has 1 fully saturated rings.